The molecule has 1 rings (SSSR count). The van der Waals surface area contributed by atoms with Gasteiger partial charge in [-0.3, -0.25) is 0 Å². The highest BCUT2D eigenvalue weighted by Gasteiger charge is 1.99. The summed E-state index contributed by atoms with van der Waals surface area (Å²) in [7, 11) is 0. The van der Waals surface area contributed by atoms with Crippen molar-refractivity contribution in [3.8, 4) is 0 Å². The van der Waals surface area contributed by atoms with E-state index in [1.165, 1.54) is 0 Å². The Morgan fingerprint density at radius 2 is 1.80 bits per heavy atom. The Morgan fingerprint density at radius 3 is 2.40 bits per heavy atom. The van der Waals surface area contributed by atoms with Crippen LogP contribution in [0.25, 0.3) is 0 Å². The fourth-order valence-electron chi connectivity index (χ4n) is 0.788. The van der Waals surface area contributed by atoms with E-state index in [0.717, 1.165) is 0 Å². The van der Waals surface area contributed by atoms with Gasteiger partial charge in [0.15, 0.2) is 0 Å². The third-order valence-corrected chi connectivity index (χ3v) is 1.37. The zero-order valence-corrected chi connectivity index (χ0v) is 8.43. The van der Waals surface area contributed by atoms with Crippen LogP contribution in [0.3, 0.4) is 0 Å². The molecule has 84 valence electrons. The van der Waals surface area contributed by atoms with Gasteiger partial charge in [0.1, 0.15) is 13.5 Å². The molecule has 15 heavy (non-hydrogen) atoms. The summed E-state index contributed by atoms with van der Waals surface area (Å²) in [5.41, 5.74) is 10.7. The van der Waals surface area contributed by atoms with Crippen LogP contribution in [0.5, 0.6) is 0 Å². The molecule has 0 saturated carbocycles. The zero-order chi connectivity index (χ0) is 11.1. The number of nitrogens with one attached hydrogen (secondary N) is 1. The third kappa shape index (κ3) is 4.38. The SMILES string of the molecule is CCOCOCNc1nc(N)nc(N)n1. The lowest BCUT2D eigenvalue weighted by molar-refractivity contribution is -0.0428. The second-order valence-corrected chi connectivity index (χ2v) is 2.51. The monoisotopic (exact) mass is 214 g/mol. The maximum atomic E-state index is 5.36. The lowest BCUT2D eigenvalue weighted by atomic mass is 10.8. The third-order valence-electron chi connectivity index (χ3n) is 1.37. The fourth-order valence-corrected chi connectivity index (χ4v) is 0.788. The van der Waals surface area contributed by atoms with Gasteiger partial charge in [0, 0.05) is 6.61 Å². The van der Waals surface area contributed by atoms with Crippen molar-refractivity contribution in [2.24, 2.45) is 0 Å². The Kier molecular flexibility index (Phi) is 4.51. The predicted molar refractivity (Wildman–Crippen MR) is 54.7 cm³/mol. The van der Waals surface area contributed by atoms with Crippen molar-refractivity contribution in [2.45, 2.75) is 6.92 Å². The molecule has 1 heterocycles. The van der Waals surface area contributed by atoms with Crippen molar-refractivity contribution < 1.29 is 9.47 Å². The molecule has 0 aliphatic carbocycles. The van der Waals surface area contributed by atoms with Gasteiger partial charge in [-0.15, -0.1) is 0 Å². The average molecular weight is 214 g/mol. The smallest absolute Gasteiger partial charge is 0.231 e. The van der Waals surface area contributed by atoms with Gasteiger partial charge in [0.05, 0.1) is 0 Å². The molecular weight excluding hydrogens is 200 g/mol. The van der Waals surface area contributed by atoms with E-state index < -0.39 is 0 Å². The number of rotatable bonds is 6. The summed E-state index contributed by atoms with van der Waals surface area (Å²) in [4.78, 5) is 11.2. The Hall–Kier alpha value is -1.67. The van der Waals surface area contributed by atoms with Crippen molar-refractivity contribution in [3.05, 3.63) is 0 Å². The largest absolute Gasteiger partial charge is 0.368 e. The average Bonchev–Trinajstić information content (AvgIpc) is 2.16. The predicted octanol–water partition coefficient (Wildman–Crippen LogP) is -0.584. The number of ether oxygens (including phenoxy) is 2. The van der Waals surface area contributed by atoms with Gasteiger partial charge in [-0.1, -0.05) is 0 Å². The Balaban J connectivity index is 2.31. The van der Waals surface area contributed by atoms with Crippen LogP contribution in [0.4, 0.5) is 17.8 Å². The van der Waals surface area contributed by atoms with Crippen LogP contribution in [0.1, 0.15) is 6.92 Å². The van der Waals surface area contributed by atoms with E-state index in [0.29, 0.717) is 6.61 Å². The minimum absolute atomic E-state index is 0.0646. The minimum Gasteiger partial charge on any atom is -0.368 e. The molecule has 0 aliphatic heterocycles. The first kappa shape index (κ1) is 11.4. The van der Waals surface area contributed by atoms with E-state index in [9.17, 15) is 0 Å². The van der Waals surface area contributed by atoms with Crippen molar-refractivity contribution >= 4 is 17.8 Å². The quantitative estimate of drug-likeness (QED) is 0.424. The molecule has 0 bridgehead atoms. The summed E-state index contributed by atoms with van der Waals surface area (Å²) in [6.07, 6.45) is 0. The van der Waals surface area contributed by atoms with E-state index in [1.54, 1.807) is 0 Å². The van der Waals surface area contributed by atoms with Gasteiger partial charge in [-0.2, -0.15) is 15.0 Å². The second kappa shape index (κ2) is 5.94. The van der Waals surface area contributed by atoms with E-state index in [1.807, 2.05) is 6.92 Å². The number of nitrogen functional groups attached to an aromatic ring is 2. The molecule has 8 heteroatoms. The number of anilines is 3. The molecule has 0 saturated heterocycles. The van der Waals surface area contributed by atoms with E-state index in [4.69, 9.17) is 20.9 Å². The van der Waals surface area contributed by atoms with Crippen LogP contribution in [0.2, 0.25) is 0 Å². The molecule has 1 aromatic rings. The molecule has 0 aliphatic rings. The number of hydrogen-bond donors (Lipinski definition) is 3. The maximum absolute atomic E-state index is 5.36. The minimum atomic E-state index is 0.0646. The summed E-state index contributed by atoms with van der Waals surface area (Å²) in [5.74, 6) is 0.404. The van der Waals surface area contributed by atoms with E-state index in [2.05, 4.69) is 20.3 Å². The molecule has 0 unspecified atom stereocenters. The Morgan fingerprint density at radius 1 is 1.13 bits per heavy atom. The van der Waals surface area contributed by atoms with Crippen LogP contribution in [0, 0.1) is 0 Å². The topological polar surface area (TPSA) is 121 Å². The number of aromatic nitrogens is 3. The molecule has 1 aromatic heterocycles. The van der Waals surface area contributed by atoms with Gasteiger partial charge in [-0.25, -0.2) is 0 Å². The molecular formula is C7H14N6O2. The van der Waals surface area contributed by atoms with Crippen molar-refractivity contribution in [2.75, 3.05) is 36.9 Å². The van der Waals surface area contributed by atoms with Gasteiger partial charge in [-0.05, 0) is 6.92 Å². The molecule has 0 atom stereocenters. The van der Waals surface area contributed by atoms with E-state index in [-0.39, 0.29) is 31.4 Å². The molecule has 0 radical (unpaired) electrons. The molecule has 0 amide bonds. The standard InChI is InChI=1S/C7H14N6O2/c1-2-14-4-15-3-10-7-12-5(8)11-6(9)13-7/h2-4H2,1H3,(H5,8,9,10,11,12,13). The highest BCUT2D eigenvalue weighted by Crippen LogP contribution is 2.02. The van der Waals surface area contributed by atoms with E-state index >= 15 is 0 Å². The van der Waals surface area contributed by atoms with Gasteiger partial charge in [0.25, 0.3) is 0 Å². The molecule has 5 N–H and O–H groups in total. The van der Waals surface area contributed by atoms with Gasteiger partial charge >= 0.3 is 0 Å². The first-order chi connectivity index (χ1) is 7.22. The van der Waals surface area contributed by atoms with Gasteiger partial charge in [0.2, 0.25) is 17.8 Å². The molecule has 0 fully saturated rings. The first-order valence-electron chi connectivity index (χ1n) is 4.38. The normalized spacial score (nSPS) is 10.2. The van der Waals surface area contributed by atoms with Crippen LogP contribution in [-0.4, -0.2) is 35.1 Å². The summed E-state index contributed by atoms with van der Waals surface area (Å²) < 4.78 is 10.00. The van der Waals surface area contributed by atoms with Crippen LogP contribution in [-0.2, 0) is 9.47 Å². The Labute approximate surface area is 87.0 Å². The van der Waals surface area contributed by atoms with Crippen LogP contribution < -0.4 is 16.8 Å². The van der Waals surface area contributed by atoms with Crippen LogP contribution >= 0.6 is 0 Å². The van der Waals surface area contributed by atoms with Crippen molar-refractivity contribution in [1.29, 1.82) is 0 Å². The molecule has 8 nitrogen and oxygen atoms in total. The van der Waals surface area contributed by atoms with Gasteiger partial charge < -0.3 is 26.3 Å². The van der Waals surface area contributed by atoms with Crippen molar-refractivity contribution in [3.63, 3.8) is 0 Å². The summed E-state index contributed by atoms with van der Waals surface area (Å²) in [6.45, 7) is 2.90. The van der Waals surface area contributed by atoms with Crippen LogP contribution in [0.15, 0.2) is 0 Å². The van der Waals surface area contributed by atoms with Crippen molar-refractivity contribution in [1.82, 2.24) is 15.0 Å². The number of nitrogens with zero attached hydrogens (tertiary/aromatic N) is 3. The highest BCUT2D eigenvalue weighted by atomic mass is 16.7. The number of hydrogen-bond acceptors (Lipinski definition) is 8. The lowest BCUT2D eigenvalue weighted by Crippen LogP contribution is -2.13. The zero-order valence-electron chi connectivity index (χ0n) is 8.43. The lowest BCUT2D eigenvalue weighted by Gasteiger charge is -2.06. The summed E-state index contributed by atoms with van der Waals surface area (Å²) >= 11 is 0. The number of nitrogens with two attached hydrogens (primary N) is 2. The summed E-state index contributed by atoms with van der Waals surface area (Å²) in [5, 5.41) is 2.76. The fraction of sp³-hybridized carbons (Fsp3) is 0.571. The molecule has 0 spiro atoms. The maximum Gasteiger partial charge on any atom is 0.231 e. The first-order valence-corrected chi connectivity index (χ1v) is 4.38. The summed E-state index contributed by atoms with van der Waals surface area (Å²) in [6, 6.07) is 0. The Bertz CT molecular complexity index is 287. The second-order valence-electron chi connectivity index (χ2n) is 2.51. The molecule has 0 aromatic carbocycles. The highest BCUT2D eigenvalue weighted by molar-refractivity contribution is 5.36.